The Balaban J connectivity index is 2.31. The van der Waals surface area contributed by atoms with Gasteiger partial charge in [0.2, 0.25) is 0 Å². The van der Waals surface area contributed by atoms with Crippen molar-refractivity contribution in [2.24, 2.45) is 11.7 Å². The van der Waals surface area contributed by atoms with Gasteiger partial charge in [0.1, 0.15) is 0 Å². The summed E-state index contributed by atoms with van der Waals surface area (Å²) in [5, 5.41) is 0. The maximum absolute atomic E-state index is 5.72. The van der Waals surface area contributed by atoms with Crippen LogP contribution in [-0.4, -0.2) is 30.6 Å². The van der Waals surface area contributed by atoms with E-state index in [-0.39, 0.29) is 0 Å². The third-order valence-corrected chi connectivity index (χ3v) is 4.04. The van der Waals surface area contributed by atoms with Crippen LogP contribution in [0.1, 0.15) is 58.8 Å². The van der Waals surface area contributed by atoms with Crippen molar-refractivity contribution in [3.05, 3.63) is 0 Å². The van der Waals surface area contributed by atoms with E-state index in [2.05, 4.69) is 18.7 Å². The summed E-state index contributed by atoms with van der Waals surface area (Å²) in [6, 6.07) is 0.860. The SMILES string of the molecule is CCCCC(CC)CN(CCN)C1CCC1. The molecule has 1 saturated carbocycles. The first kappa shape index (κ1) is 14.0. The molecular formula is C14H30N2. The molecule has 16 heavy (non-hydrogen) atoms. The van der Waals surface area contributed by atoms with Gasteiger partial charge in [-0.2, -0.15) is 0 Å². The third-order valence-electron chi connectivity index (χ3n) is 4.04. The van der Waals surface area contributed by atoms with Crippen LogP contribution in [0.5, 0.6) is 0 Å². The monoisotopic (exact) mass is 226 g/mol. The van der Waals surface area contributed by atoms with E-state index in [9.17, 15) is 0 Å². The number of nitrogens with two attached hydrogens (primary N) is 1. The zero-order valence-electron chi connectivity index (χ0n) is 11.3. The number of hydrogen-bond acceptors (Lipinski definition) is 2. The molecule has 1 rings (SSSR count). The lowest BCUT2D eigenvalue weighted by molar-refractivity contribution is 0.107. The Morgan fingerprint density at radius 1 is 1.31 bits per heavy atom. The van der Waals surface area contributed by atoms with Gasteiger partial charge in [-0.15, -0.1) is 0 Å². The number of hydrogen-bond donors (Lipinski definition) is 1. The lowest BCUT2D eigenvalue weighted by atomic mass is 9.89. The van der Waals surface area contributed by atoms with Gasteiger partial charge in [0, 0.05) is 25.7 Å². The van der Waals surface area contributed by atoms with E-state index in [1.54, 1.807) is 0 Å². The first-order valence-electron chi connectivity index (χ1n) is 7.25. The summed E-state index contributed by atoms with van der Waals surface area (Å²) in [5.41, 5.74) is 5.72. The first-order chi connectivity index (χ1) is 7.81. The lowest BCUT2D eigenvalue weighted by Gasteiger charge is -2.39. The van der Waals surface area contributed by atoms with Crippen molar-refractivity contribution in [1.29, 1.82) is 0 Å². The molecule has 1 atom stereocenters. The van der Waals surface area contributed by atoms with E-state index < -0.39 is 0 Å². The van der Waals surface area contributed by atoms with Gasteiger partial charge in [0.05, 0.1) is 0 Å². The molecule has 0 amide bonds. The van der Waals surface area contributed by atoms with Crippen LogP contribution in [0.2, 0.25) is 0 Å². The van der Waals surface area contributed by atoms with Crippen molar-refractivity contribution < 1.29 is 0 Å². The molecule has 0 bridgehead atoms. The first-order valence-corrected chi connectivity index (χ1v) is 7.25. The summed E-state index contributed by atoms with van der Waals surface area (Å²) in [6.45, 7) is 7.84. The highest BCUT2D eigenvalue weighted by atomic mass is 15.2. The number of nitrogens with zero attached hydrogens (tertiary/aromatic N) is 1. The topological polar surface area (TPSA) is 29.3 Å². The standard InChI is InChI=1S/C14H30N2/c1-3-5-7-13(4-2)12-16(11-10-15)14-8-6-9-14/h13-14H,3-12,15H2,1-2H3. The third kappa shape index (κ3) is 4.42. The Kier molecular flexibility index (Phi) is 7.06. The Morgan fingerprint density at radius 2 is 2.06 bits per heavy atom. The lowest BCUT2D eigenvalue weighted by Crippen LogP contribution is -2.45. The van der Waals surface area contributed by atoms with Crippen LogP contribution in [0.15, 0.2) is 0 Å². The second kappa shape index (κ2) is 8.08. The fourth-order valence-electron chi connectivity index (χ4n) is 2.59. The molecule has 2 nitrogen and oxygen atoms in total. The molecular weight excluding hydrogens is 196 g/mol. The molecule has 1 aliphatic carbocycles. The van der Waals surface area contributed by atoms with Crippen molar-refractivity contribution in [2.45, 2.75) is 64.8 Å². The average Bonchev–Trinajstić information content (AvgIpc) is 2.21. The highest BCUT2D eigenvalue weighted by molar-refractivity contribution is 4.81. The fourth-order valence-corrected chi connectivity index (χ4v) is 2.59. The van der Waals surface area contributed by atoms with Crippen molar-refractivity contribution in [3.8, 4) is 0 Å². The largest absolute Gasteiger partial charge is 0.329 e. The van der Waals surface area contributed by atoms with Crippen LogP contribution >= 0.6 is 0 Å². The van der Waals surface area contributed by atoms with Gasteiger partial charge in [-0.3, -0.25) is 4.90 Å². The Labute approximate surface area is 102 Å². The highest BCUT2D eigenvalue weighted by Gasteiger charge is 2.25. The molecule has 0 heterocycles. The van der Waals surface area contributed by atoms with E-state index >= 15 is 0 Å². The molecule has 1 fully saturated rings. The van der Waals surface area contributed by atoms with Crippen molar-refractivity contribution >= 4 is 0 Å². The summed E-state index contributed by atoms with van der Waals surface area (Å²) >= 11 is 0. The molecule has 1 aliphatic rings. The average molecular weight is 226 g/mol. The van der Waals surface area contributed by atoms with Crippen molar-refractivity contribution in [3.63, 3.8) is 0 Å². The quantitative estimate of drug-likeness (QED) is 0.655. The van der Waals surface area contributed by atoms with Crippen LogP contribution in [0, 0.1) is 5.92 Å². The van der Waals surface area contributed by atoms with Crippen LogP contribution < -0.4 is 5.73 Å². The van der Waals surface area contributed by atoms with Crippen LogP contribution in [-0.2, 0) is 0 Å². The minimum absolute atomic E-state index is 0.820. The molecule has 0 aliphatic heterocycles. The second-order valence-electron chi connectivity index (χ2n) is 5.28. The van der Waals surface area contributed by atoms with Crippen LogP contribution in [0.25, 0.3) is 0 Å². The molecule has 2 N–H and O–H groups in total. The molecule has 1 unspecified atom stereocenters. The van der Waals surface area contributed by atoms with Gasteiger partial charge in [0.15, 0.2) is 0 Å². The minimum atomic E-state index is 0.820. The molecule has 0 spiro atoms. The highest BCUT2D eigenvalue weighted by Crippen LogP contribution is 2.26. The molecule has 0 aromatic carbocycles. The summed E-state index contributed by atoms with van der Waals surface area (Å²) in [4.78, 5) is 2.66. The van der Waals surface area contributed by atoms with Gasteiger partial charge in [-0.05, 0) is 25.2 Å². The van der Waals surface area contributed by atoms with Gasteiger partial charge in [-0.1, -0.05) is 39.5 Å². The minimum Gasteiger partial charge on any atom is -0.329 e. The summed E-state index contributed by atoms with van der Waals surface area (Å²) in [6.07, 6.45) is 9.69. The van der Waals surface area contributed by atoms with Gasteiger partial charge >= 0.3 is 0 Å². The maximum atomic E-state index is 5.72. The molecule has 2 heteroatoms. The summed E-state index contributed by atoms with van der Waals surface area (Å²) < 4.78 is 0. The number of rotatable bonds is 9. The summed E-state index contributed by atoms with van der Waals surface area (Å²) in [5.74, 6) is 0.895. The normalized spacial score (nSPS) is 18.8. The van der Waals surface area contributed by atoms with E-state index in [0.717, 1.165) is 25.0 Å². The van der Waals surface area contributed by atoms with E-state index in [0.29, 0.717) is 0 Å². The van der Waals surface area contributed by atoms with Crippen LogP contribution in [0.4, 0.5) is 0 Å². The Morgan fingerprint density at radius 3 is 2.50 bits per heavy atom. The van der Waals surface area contributed by atoms with Crippen LogP contribution in [0.3, 0.4) is 0 Å². The molecule has 0 aromatic rings. The Hall–Kier alpha value is -0.0800. The van der Waals surface area contributed by atoms with Gasteiger partial charge in [-0.25, -0.2) is 0 Å². The molecule has 0 radical (unpaired) electrons. The van der Waals surface area contributed by atoms with Gasteiger partial charge in [0.25, 0.3) is 0 Å². The predicted molar refractivity (Wildman–Crippen MR) is 71.6 cm³/mol. The fraction of sp³-hybridized carbons (Fsp3) is 1.00. The van der Waals surface area contributed by atoms with Gasteiger partial charge < -0.3 is 5.73 Å². The number of unbranched alkanes of at least 4 members (excludes halogenated alkanes) is 1. The van der Waals surface area contributed by atoms with E-state index in [1.165, 1.54) is 51.5 Å². The molecule has 0 aromatic heterocycles. The summed E-state index contributed by atoms with van der Waals surface area (Å²) in [7, 11) is 0. The molecule has 0 saturated heterocycles. The van der Waals surface area contributed by atoms with E-state index in [4.69, 9.17) is 5.73 Å². The predicted octanol–water partition coefficient (Wildman–Crippen LogP) is 3.02. The van der Waals surface area contributed by atoms with Crippen molar-refractivity contribution in [1.82, 2.24) is 4.90 Å². The molecule has 96 valence electrons. The van der Waals surface area contributed by atoms with E-state index in [1.807, 2.05) is 0 Å². The zero-order chi connectivity index (χ0) is 11.8. The zero-order valence-corrected chi connectivity index (χ0v) is 11.3. The smallest absolute Gasteiger partial charge is 0.0108 e. The second-order valence-corrected chi connectivity index (χ2v) is 5.28. The van der Waals surface area contributed by atoms with Crippen molar-refractivity contribution in [2.75, 3.05) is 19.6 Å². The maximum Gasteiger partial charge on any atom is 0.0108 e. The Bertz CT molecular complexity index is 166.